The first kappa shape index (κ1) is 15.0. The fraction of sp³-hybridized carbons (Fsp3) is 0.368. The fourth-order valence-electron chi connectivity index (χ4n) is 3.59. The van der Waals surface area contributed by atoms with Crippen molar-refractivity contribution in [1.29, 1.82) is 0 Å². The summed E-state index contributed by atoms with van der Waals surface area (Å²) in [6.45, 7) is 2.67. The number of hydrogen-bond donors (Lipinski definition) is 0. The predicted octanol–water partition coefficient (Wildman–Crippen LogP) is 2.93. The van der Waals surface area contributed by atoms with Crippen LogP contribution in [0.4, 0.5) is 0 Å². The number of amides is 1. The zero-order valence-corrected chi connectivity index (χ0v) is 13.9. The summed E-state index contributed by atoms with van der Waals surface area (Å²) in [5.41, 5.74) is 1.90. The smallest absolute Gasteiger partial charge is 0.253 e. The molecular weight excluding hydrogens is 300 g/mol. The molecule has 1 aliphatic heterocycles. The van der Waals surface area contributed by atoms with Crippen LogP contribution < -0.4 is 0 Å². The first-order valence-electron chi connectivity index (χ1n) is 8.51. The van der Waals surface area contributed by atoms with Gasteiger partial charge in [-0.3, -0.25) is 4.79 Å². The molecule has 1 aliphatic rings. The molecule has 0 unspecified atom stereocenters. The Bertz CT molecular complexity index is 842. The lowest BCUT2D eigenvalue weighted by molar-refractivity contribution is 0.0683. The normalized spacial score (nSPS) is 16.0. The van der Waals surface area contributed by atoms with Crippen molar-refractivity contribution >= 4 is 16.8 Å². The van der Waals surface area contributed by atoms with Gasteiger partial charge in [-0.1, -0.05) is 6.07 Å². The van der Waals surface area contributed by atoms with Crippen molar-refractivity contribution in [3.63, 3.8) is 0 Å². The minimum atomic E-state index is 0.152. The Morgan fingerprint density at radius 1 is 1.21 bits per heavy atom. The SMILES string of the molecule is Cn1ccc2ccc(C(=O)N3CCC(Cn4ccnc4)CC3)cc21. The molecule has 2 aromatic heterocycles. The lowest BCUT2D eigenvalue weighted by Gasteiger charge is -2.32. The summed E-state index contributed by atoms with van der Waals surface area (Å²) in [6, 6.07) is 8.07. The van der Waals surface area contributed by atoms with Gasteiger partial charge in [-0.2, -0.15) is 0 Å². The maximum Gasteiger partial charge on any atom is 0.253 e. The second kappa shape index (κ2) is 6.15. The van der Waals surface area contributed by atoms with E-state index in [1.54, 1.807) is 0 Å². The Balaban J connectivity index is 1.42. The molecule has 0 radical (unpaired) electrons. The molecular formula is C19H22N4O. The van der Waals surface area contributed by atoms with Gasteiger partial charge in [-0.15, -0.1) is 0 Å². The molecule has 0 saturated carbocycles. The second-order valence-corrected chi connectivity index (χ2v) is 6.70. The van der Waals surface area contributed by atoms with Crippen LogP contribution in [0.2, 0.25) is 0 Å². The molecule has 3 aromatic rings. The molecule has 1 amide bonds. The van der Waals surface area contributed by atoms with Crippen molar-refractivity contribution in [2.75, 3.05) is 13.1 Å². The van der Waals surface area contributed by atoms with Gasteiger partial charge in [0.15, 0.2) is 0 Å². The van der Waals surface area contributed by atoms with Gasteiger partial charge in [0.05, 0.1) is 6.33 Å². The number of rotatable bonds is 3. The second-order valence-electron chi connectivity index (χ2n) is 6.70. The average Bonchev–Trinajstić information content (AvgIpc) is 3.25. The molecule has 4 rings (SSSR count). The summed E-state index contributed by atoms with van der Waals surface area (Å²) in [6.07, 6.45) is 9.82. The topological polar surface area (TPSA) is 43.1 Å². The molecule has 24 heavy (non-hydrogen) atoms. The summed E-state index contributed by atoms with van der Waals surface area (Å²) in [5, 5.41) is 1.17. The van der Waals surface area contributed by atoms with E-state index in [2.05, 4.69) is 20.2 Å². The van der Waals surface area contributed by atoms with Crippen LogP contribution in [0, 0.1) is 5.92 Å². The van der Waals surface area contributed by atoms with Crippen LogP contribution in [0.5, 0.6) is 0 Å². The number of aromatic nitrogens is 3. The van der Waals surface area contributed by atoms with Gasteiger partial charge in [0.1, 0.15) is 0 Å². The van der Waals surface area contributed by atoms with E-state index in [-0.39, 0.29) is 5.91 Å². The van der Waals surface area contributed by atoms with Crippen LogP contribution in [0.3, 0.4) is 0 Å². The van der Waals surface area contributed by atoms with Crippen molar-refractivity contribution in [2.45, 2.75) is 19.4 Å². The molecule has 0 spiro atoms. The number of likely N-dealkylation sites (tertiary alicyclic amines) is 1. The van der Waals surface area contributed by atoms with Gasteiger partial charge >= 0.3 is 0 Å². The lowest BCUT2D eigenvalue weighted by atomic mass is 9.96. The highest BCUT2D eigenvalue weighted by molar-refractivity contribution is 5.98. The maximum atomic E-state index is 12.8. The number of carbonyl (C=O) groups excluding carboxylic acids is 1. The van der Waals surface area contributed by atoms with E-state index in [1.807, 2.05) is 55.1 Å². The molecule has 0 aliphatic carbocycles. The predicted molar refractivity (Wildman–Crippen MR) is 93.8 cm³/mol. The number of fused-ring (bicyclic) bond motifs is 1. The van der Waals surface area contributed by atoms with Crippen molar-refractivity contribution < 1.29 is 4.79 Å². The Hall–Kier alpha value is -2.56. The standard InChI is InChI=1S/C19H22N4O/c1-21-8-6-16-2-3-17(12-18(16)21)19(24)23-9-4-15(5-10-23)13-22-11-7-20-14-22/h2-3,6-8,11-12,14-15H,4-5,9-10,13H2,1H3. The maximum absolute atomic E-state index is 12.8. The largest absolute Gasteiger partial charge is 0.351 e. The van der Waals surface area contributed by atoms with E-state index in [9.17, 15) is 4.79 Å². The monoisotopic (exact) mass is 322 g/mol. The van der Waals surface area contributed by atoms with Crippen LogP contribution in [-0.4, -0.2) is 38.0 Å². The number of benzene rings is 1. The van der Waals surface area contributed by atoms with Crippen LogP contribution in [-0.2, 0) is 13.6 Å². The van der Waals surface area contributed by atoms with E-state index in [0.29, 0.717) is 5.92 Å². The summed E-state index contributed by atoms with van der Waals surface area (Å²) in [4.78, 5) is 18.9. The molecule has 1 fully saturated rings. The highest BCUT2D eigenvalue weighted by Gasteiger charge is 2.24. The molecule has 5 heteroatoms. The minimum absolute atomic E-state index is 0.152. The van der Waals surface area contributed by atoms with E-state index in [0.717, 1.165) is 43.6 Å². The number of carbonyl (C=O) groups is 1. The summed E-state index contributed by atoms with van der Waals surface area (Å²) >= 11 is 0. The van der Waals surface area contributed by atoms with Gasteiger partial charge in [-0.25, -0.2) is 4.98 Å². The van der Waals surface area contributed by atoms with Crippen LogP contribution in [0.25, 0.3) is 10.9 Å². The molecule has 0 atom stereocenters. The number of imidazole rings is 1. The molecule has 1 aromatic carbocycles. The van der Waals surface area contributed by atoms with E-state index in [1.165, 1.54) is 5.39 Å². The van der Waals surface area contributed by atoms with Crippen molar-refractivity contribution in [2.24, 2.45) is 13.0 Å². The van der Waals surface area contributed by atoms with Gasteiger partial charge < -0.3 is 14.0 Å². The summed E-state index contributed by atoms with van der Waals surface area (Å²) < 4.78 is 4.19. The highest BCUT2D eigenvalue weighted by Crippen LogP contribution is 2.22. The molecule has 124 valence electrons. The molecule has 0 N–H and O–H groups in total. The van der Waals surface area contributed by atoms with Crippen molar-refractivity contribution in [3.05, 3.63) is 54.7 Å². The Kier molecular flexibility index (Phi) is 3.84. The Morgan fingerprint density at radius 3 is 2.79 bits per heavy atom. The number of nitrogens with zero attached hydrogens (tertiary/aromatic N) is 4. The summed E-state index contributed by atoms with van der Waals surface area (Å²) in [5.74, 6) is 0.776. The van der Waals surface area contributed by atoms with E-state index < -0.39 is 0 Å². The molecule has 5 nitrogen and oxygen atoms in total. The third-order valence-electron chi connectivity index (χ3n) is 5.07. The first-order chi connectivity index (χ1) is 11.7. The quantitative estimate of drug-likeness (QED) is 0.744. The zero-order chi connectivity index (χ0) is 16.5. The van der Waals surface area contributed by atoms with Gasteiger partial charge in [0.25, 0.3) is 5.91 Å². The average molecular weight is 322 g/mol. The lowest BCUT2D eigenvalue weighted by Crippen LogP contribution is -2.39. The number of piperidine rings is 1. The number of hydrogen-bond acceptors (Lipinski definition) is 2. The van der Waals surface area contributed by atoms with Gasteiger partial charge in [-0.05, 0) is 42.3 Å². The molecule has 3 heterocycles. The first-order valence-corrected chi connectivity index (χ1v) is 8.51. The highest BCUT2D eigenvalue weighted by atomic mass is 16.2. The molecule has 0 bridgehead atoms. The minimum Gasteiger partial charge on any atom is -0.351 e. The van der Waals surface area contributed by atoms with E-state index in [4.69, 9.17) is 0 Å². The van der Waals surface area contributed by atoms with Crippen LogP contribution in [0.15, 0.2) is 49.2 Å². The van der Waals surface area contributed by atoms with Crippen molar-refractivity contribution in [1.82, 2.24) is 19.0 Å². The van der Waals surface area contributed by atoms with Crippen LogP contribution >= 0.6 is 0 Å². The van der Waals surface area contributed by atoms with E-state index >= 15 is 0 Å². The Morgan fingerprint density at radius 2 is 2.04 bits per heavy atom. The summed E-state index contributed by atoms with van der Waals surface area (Å²) in [7, 11) is 2.01. The van der Waals surface area contributed by atoms with Crippen molar-refractivity contribution in [3.8, 4) is 0 Å². The Labute approximate surface area is 141 Å². The van der Waals surface area contributed by atoms with Crippen LogP contribution in [0.1, 0.15) is 23.2 Å². The number of aryl methyl sites for hydroxylation is 1. The third-order valence-corrected chi connectivity index (χ3v) is 5.07. The van der Waals surface area contributed by atoms with Gasteiger partial charge in [0.2, 0.25) is 0 Å². The fourth-order valence-corrected chi connectivity index (χ4v) is 3.59. The third kappa shape index (κ3) is 2.82. The van der Waals surface area contributed by atoms with Gasteiger partial charge in [0, 0.05) is 56.4 Å². The molecule has 1 saturated heterocycles. The zero-order valence-electron chi connectivity index (χ0n) is 13.9.